The number of hydrogen-bond acceptors (Lipinski definition) is 2. The van der Waals surface area contributed by atoms with Crippen LogP contribution in [0, 0.1) is 18.6 Å². The zero-order valence-electron chi connectivity index (χ0n) is 9.51. The van der Waals surface area contributed by atoms with Crippen molar-refractivity contribution in [3.05, 3.63) is 52.0 Å². The summed E-state index contributed by atoms with van der Waals surface area (Å²) in [5.74, 6) is -0.828. The van der Waals surface area contributed by atoms with Crippen LogP contribution in [0.15, 0.2) is 34.8 Å². The summed E-state index contributed by atoms with van der Waals surface area (Å²) in [6.07, 6.45) is 0. The Morgan fingerprint density at radius 1 is 1.06 bits per heavy atom. The highest BCUT2D eigenvalue weighted by molar-refractivity contribution is 9.10. The first-order valence-electron chi connectivity index (χ1n) is 5.15. The van der Waals surface area contributed by atoms with Gasteiger partial charge in [-0.3, -0.25) is 0 Å². The van der Waals surface area contributed by atoms with E-state index in [1.54, 1.807) is 12.1 Å². The summed E-state index contributed by atoms with van der Waals surface area (Å²) >= 11 is 3.28. The lowest BCUT2D eigenvalue weighted by Gasteiger charge is -2.10. The van der Waals surface area contributed by atoms with E-state index in [9.17, 15) is 8.78 Å². The molecule has 94 valence electrons. The van der Waals surface area contributed by atoms with Gasteiger partial charge in [-0.15, -0.1) is 0 Å². The van der Waals surface area contributed by atoms with Crippen LogP contribution in [0.25, 0.3) is 0 Å². The van der Waals surface area contributed by atoms with Crippen LogP contribution in [0.3, 0.4) is 0 Å². The van der Waals surface area contributed by atoms with E-state index >= 15 is 0 Å². The van der Waals surface area contributed by atoms with Gasteiger partial charge in [0.25, 0.3) is 0 Å². The van der Waals surface area contributed by atoms with E-state index in [1.807, 2.05) is 6.92 Å². The maximum Gasteiger partial charge on any atom is 0.142 e. The highest BCUT2D eigenvalue weighted by Gasteiger charge is 2.08. The third-order valence-electron chi connectivity index (χ3n) is 2.38. The number of hydrogen-bond donors (Lipinski definition) is 1. The molecule has 0 spiro atoms. The zero-order chi connectivity index (χ0) is 13.3. The van der Waals surface area contributed by atoms with Crippen LogP contribution >= 0.6 is 15.9 Å². The molecule has 2 rings (SSSR count). The average molecular weight is 314 g/mol. The van der Waals surface area contributed by atoms with E-state index < -0.39 is 11.6 Å². The second kappa shape index (κ2) is 4.94. The number of anilines is 1. The maximum atomic E-state index is 13.0. The molecule has 0 aliphatic heterocycles. The molecule has 5 heteroatoms. The van der Waals surface area contributed by atoms with E-state index in [-0.39, 0.29) is 5.75 Å². The molecular weight excluding hydrogens is 304 g/mol. The van der Waals surface area contributed by atoms with Crippen molar-refractivity contribution in [3.63, 3.8) is 0 Å². The Balaban J connectivity index is 2.36. The quantitative estimate of drug-likeness (QED) is 0.833. The molecule has 0 saturated heterocycles. The van der Waals surface area contributed by atoms with E-state index in [0.29, 0.717) is 15.9 Å². The Kier molecular flexibility index (Phi) is 3.52. The zero-order valence-corrected chi connectivity index (χ0v) is 11.1. The molecule has 0 bridgehead atoms. The van der Waals surface area contributed by atoms with Gasteiger partial charge in [0.2, 0.25) is 0 Å². The number of benzene rings is 2. The van der Waals surface area contributed by atoms with Gasteiger partial charge < -0.3 is 10.5 Å². The molecule has 0 aliphatic rings. The fourth-order valence-electron chi connectivity index (χ4n) is 1.46. The number of ether oxygens (including phenoxy) is 1. The minimum Gasteiger partial charge on any atom is -0.456 e. The molecule has 0 aromatic heterocycles. The van der Waals surface area contributed by atoms with Crippen LogP contribution in [0.4, 0.5) is 14.5 Å². The minimum absolute atomic E-state index is 0.0948. The van der Waals surface area contributed by atoms with Crippen LogP contribution in [-0.4, -0.2) is 0 Å². The number of halogens is 3. The largest absolute Gasteiger partial charge is 0.456 e. The molecule has 2 aromatic rings. The predicted molar refractivity (Wildman–Crippen MR) is 69.7 cm³/mol. The molecule has 0 aliphatic carbocycles. The topological polar surface area (TPSA) is 35.2 Å². The van der Waals surface area contributed by atoms with Crippen LogP contribution in [-0.2, 0) is 0 Å². The minimum atomic E-state index is -0.687. The third-order valence-corrected chi connectivity index (χ3v) is 3.00. The van der Waals surface area contributed by atoms with Gasteiger partial charge in [-0.05, 0) is 40.5 Å². The van der Waals surface area contributed by atoms with Crippen molar-refractivity contribution in [3.8, 4) is 11.5 Å². The molecule has 0 saturated carbocycles. The van der Waals surface area contributed by atoms with Crippen molar-refractivity contribution >= 4 is 21.6 Å². The average Bonchev–Trinajstić information content (AvgIpc) is 2.24. The number of nitrogens with two attached hydrogens (primary N) is 1. The number of nitrogen functional groups attached to an aromatic ring is 1. The Hall–Kier alpha value is -1.62. The van der Waals surface area contributed by atoms with Crippen molar-refractivity contribution in [2.75, 3.05) is 5.73 Å². The van der Waals surface area contributed by atoms with E-state index in [2.05, 4.69) is 15.9 Å². The van der Waals surface area contributed by atoms with E-state index in [4.69, 9.17) is 10.5 Å². The van der Waals surface area contributed by atoms with Gasteiger partial charge in [-0.2, -0.15) is 0 Å². The monoisotopic (exact) mass is 313 g/mol. The summed E-state index contributed by atoms with van der Waals surface area (Å²) in [4.78, 5) is 0. The van der Waals surface area contributed by atoms with Gasteiger partial charge >= 0.3 is 0 Å². The number of rotatable bonds is 2. The Bertz CT molecular complexity index is 582. The van der Waals surface area contributed by atoms with Crippen molar-refractivity contribution in [1.82, 2.24) is 0 Å². The second-order valence-electron chi connectivity index (χ2n) is 3.85. The summed E-state index contributed by atoms with van der Waals surface area (Å²) in [5, 5.41) is 0. The predicted octanol–water partition coefficient (Wildman–Crippen LogP) is 4.41. The first kappa shape index (κ1) is 12.8. The van der Waals surface area contributed by atoms with Crippen molar-refractivity contribution in [2.45, 2.75) is 6.92 Å². The van der Waals surface area contributed by atoms with E-state index in [1.165, 1.54) is 0 Å². The van der Waals surface area contributed by atoms with Crippen LogP contribution in [0.1, 0.15) is 5.56 Å². The molecule has 0 radical (unpaired) electrons. The van der Waals surface area contributed by atoms with Gasteiger partial charge in [0.1, 0.15) is 23.1 Å². The Labute approximate surface area is 112 Å². The standard InChI is InChI=1S/C13H10BrF2NO/c1-7-2-13(11(14)6-12(7)17)18-10-4-8(15)3-9(16)5-10/h2-6H,17H2,1H3. The lowest BCUT2D eigenvalue weighted by Crippen LogP contribution is -1.93. The Morgan fingerprint density at radius 2 is 1.67 bits per heavy atom. The van der Waals surface area contributed by atoms with Gasteiger partial charge in [-0.1, -0.05) is 0 Å². The van der Waals surface area contributed by atoms with E-state index in [0.717, 1.165) is 23.8 Å². The fourth-order valence-corrected chi connectivity index (χ4v) is 1.91. The Morgan fingerprint density at radius 3 is 2.28 bits per heavy atom. The SMILES string of the molecule is Cc1cc(Oc2cc(F)cc(F)c2)c(Br)cc1N. The molecule has 2 aromatic carbocycles. The van der Waals surface area contributed by atoms with Crippen LogP contribution in [0.5, 0.6) is 11.5 Å². The third kappa shape index (κ3) is 2.79. The van der Waals surface area contributed by atoms with Gasteiger partial charge in [0.15, 0.2) is 0 Å². The molecular formula is C13H10BrF2NO. The van der Waals surface area contributed by atoms with Gasteiger partial charge in [-0.25, -0.2) is 8.78 Å². The molecule has 0 heterocycles. The van der Waals surface area contributed by atoms with Crippen LogP contribution in [0.2, 0.25) is 0 Å². The summed E-state index contributed by atoms with van der Waals surface area (Å²) in [6, 6.07) is 6.39. The normalized spacial score (nSPS) is 10.4. The van der Waals surface area contributed by atoms with Crippen molar-refractivity contribution < 1.29 is 13.5 Å². The van der Waals surface area contributed by atoms with Crippen LogP contribution < -0.4 is 10.5 Å². The molecule has 18 heavy (non-hydrogen) atoms. The summed E-state index contributed by atoms with van der Waals surface area (Å²) < 4.78 is 32.1. The van der Waals surface area contributed by atoms with Gasteiger partial charge in [0, 0.05) is 23.9 Å². The highest BCUT2D eigenvalue weighted by atomic mass is 79.9. The first-order chi connectivity index (χ1) is 8.45. The summed E-state index contributed by atoms with van der Waals surface area (Å²) in [7, 11) is 0. The molecule has 2 nitrogen and oxygen atoms in total. The smallest absolute Gasteiger partial charge is 0.142 e. The van der Waals surface area contributed by atoms with Crippen molar-refractivity contribution in [1.29, 1.82) is 0 Å². The first-order valence-corrected chi connectivity index (χ1v) is 5.94. The molecule has 0 fully saturated rings. The maximum absolute atomic E-state index is 13.0. The fraction of sp³-hybridized carbons (Fsp3) is 0.0769. The number of aryl methyl sites for hydroxylation is 1. The molecule has 0 unspecified atom stereocenters. The van der Waals surface area contributed by atoms with Crippen molar-refractivity contribution in [2.24, 2.45) is 0 Å². The lowest BCUT2D eigenvalue weighted by molar-refractivity contribution is 0.465. The summed E-state index contributed by atoms with van der Waals surface area (Å²) in [5.41, 5.74) is 7.16. The lowest BCUT2D eigenvalue weighted by atomic mass is 10.2. The second-order valence-corrected chi connectivity index (χ2v) is 4.70. The summed E-state index contributed by atoms with van der Waals surface area (Å²) in [6.45, 7) is 1.82. The van der Waals surface area contributed by atoms with Gasteiger partial charge in [0.05, 0.1) is 4.47 Å². The molecule has 0 amide bonds. The molecule has 2 N–H and O–H groups in total. The molecule has 0 atom stereocenters. The highest BCUT2D eigenvalue weighted by Crippen LogP contribution is 2.33.